The molecule has 1 aromatic heterocycles. The molecule has 1 heterocycles. The van der Waals surface area contributed by atoms with E-state index >= 15 is 0 Å². The first-order valence-electron chi connectivity index (χ1n) is 5.37. The van der Waals surface area contributed by atoms with Gasteiger partial charge in [0.1, 0.15) is 0 Å². The average molecular weight is 205 g/mol. The van der Waals surface area contributed by atoms with E-state index in [1.54, 1.807) is 12.4 Å². The fourth-order valence-electron chi connectivity index (χ4n) is 1.94. The van der Waals surface area contributed by atoms with Crippen LogP contribution in [0.1, 0.15) is 37.2 Å². The summed E-state index contributed by atoms with van der Waals surface area (Å²) >= 11 is 0. The molecular formula is C12H15NO2. The number of rotatable bonds is 5. The lowest BCUT2D eigenvalue weighted by molar-refractivity contribution is -0.137. The van der Waals surface area contributed by atoms with E-state index in [1.807, 2.05) is 12.1 Å². The van der Waals surface area contributed by atoms with Crippen molar-refractivity contribution in [2.75, 3.05) is 0 Å². The van der Waals surface area contributed by atoms with E-state index in [0.717, 1.165) is 17.9 Å². The largest absolute Gasteiger partial charge is 0.481 e. The zero-order valence-electron chi connectivity index (χ0n) is 8.60. The Balaban J connectivity index is 2.06. The molecule has 15 heavy (non-hydrogen) atoms. The van der Waals surface area contributed by atoms with Crippen LogP contribution >= 0.6 is 0 Å². The van der Waals surface area contributed by atoms with Gasteiger partial charge in [0.15, 0.2) is 0 Å². The van der Waals surface area contributed by atoms with Crippen molar-refractivity contribution < 1.29 is 9.90 Å². The summed E-state index contributed by atoms with van der Waals surface area (Å²) in [5.74, 6) is 0.206. The summed E-state index contributed by atoms with van der Waals surface area (Å²) in [5, 5.41) is 8.86. The lowest BCUT2D eigenvalue weighted by Gasteiger charge is -2.14. The zero-order valence-corrected chi connectivity index (χ0v) is 8.60. The molecule has 3 heteroatoms. The maximum Gasteiger partial charge on any atom is 0.303 e. The highest BCUT2D eigenvalue weighted by molar-refractivity contribution is 5.68. The molecule has 1 aliphatic carbocycles. The number of carbonyl (C=O) groups is 1. The van der Waals surface area contributed by atoms with Crippen molar-refractivity contribution in [1.29, 1.82) is 0 Å². The molecule has 0 saturated heterocycles. The van der Waals surface area contributed by atoms with E-state index in [4.69, 9.17) is 5.11 Å². The van der Waals surface area contributed by atoms with Crippen molar-refractivity contribution in [3.63, 3.8) is 0 Å². The van der Waals surface area contributed by atoms with Gasteiger partial charge >= 0.3 is 5.97 Å². The van der Waals surface area contributed by atoms with Crippen molar-refractivity contribution >= 4 is 5.97 Å². The molecule has 1 aromatic rings. The number of pyridine rings is 1. The van der Waals surface area contributed by atoms with Gasteiger partial charge in [-0.25, -0.2) is 0 Å². The highest BCUT2D eigenvalue weighted by Crippen LogP contribution is 2.39. The number of carboxylic acid groups (broad SMARTS) is 1. The molecule has 1 N–H and O–H groups in total. The Morgan fingerprint density at radius 3 is 2.67 bits per heavy atom. The van der Waals surface area contributed by atoms with Gasteiger partial charge in [-0.05, 0) is 36.0 Å². The Labute approximate surface area is 89.2 Å². The molecule has 0 amide bonds. The Morgan fingerprint density at radius 1 is 1.47 bits per heavy atom. The minimum Gasteiger partial charge on any atom is -0.481 e. The number of hydrogen-bond acceptors (Lipinski definition) is 2. The van der Waals surface area contributed by atoms with Crippen LogP contribution < -0.4 is 0 Å². The lowest BCUT2D eigenvalue weighted by Crippen LogP contribution is -2.07. The molecule has 0 spiro atoms. The van der Waals surface area contributed by atoms with Gasteiger partial charge in [0.25, 0.3) is 0 Å². The smallest absolute Gasteiger partial charge is 0.303 e. The molecule has 3 nitrogen and oxygen atoms in total. The van der Waals surface area contributed by atoms with Crippen LogP contribution in [0.3, 0.4) is 0 Å². The first-order valence-corrected chi connectivity index (χ1v) is 5.37. The van der Waals surface area contributed by atoms with Gasteiger partial charge < -0.3 is 5.11 Å². The normalized spacial score (nSPS) is 17.3. The molecule has 0 bridgehead atoms. The van der Waals surface area contributed by atoms with E-state index in [2.05, 4.69) is 4.98 Å². The monoisotopic (exact) mass is 205 g/mol. The first-order chi connectivity index (χ1) is 7.25. The molecule has 1 atom stereocenters. The van der Waals surface area contributed by atoms with Crippen LogP contribution in [-0.4, -0.2) is 16.1 Å². The van der Waals surface area contributed by atoms with Gasteiger partial charge in [0, 0.05) is 12.4 Å². The van der Waals surface area contributed by atoms with Gasteiger partial charge in [0.05, 0.1) is 6.42 Å². The first kappa shape index (κ1) is 10.1. The topological polar surface area (TPSA) is 50.2 Å². The van der Waals surface area contributed by atoms with Crippen LogP contribution in [0.5, 0.6) is 0 Å². The van der Waals surface area contributed by atoms with Crippen LogP contribution in [0.2, 0.25) is 0 Å². The fourth-order valence-corrected chi connectivity index (χ4v) is 1.94. The van der Waals surface area contributed by atoms with Crippen molar-refractivity contribution in [2.24, 2.45) is 5.92 Å². The fraction of sp³-hybridized carbons (Fsp3) is 0.500. The van der Waals surface area contributed by atoms with Crippen molar-refractivity contribution in [1.82, 2.24) is 4.98 Å². The maximum absolute atomic E-state index is 10.8. The summed E-state index contributed by atoms with van der Waals surface area (Å²) < 4.78 is 0. The summed E-state index contributed by atoms with van der Waals surface area (Å²) in [5.41, 5.74) is 1.11. The molecule has 1 aliphatic rings. The van der Waals surface area contributed by atoms with Crippen LogP contribution in [0.25, 0.3) is 0 Å². The molecule has 0 aromatic carbocycles. The average Bonchev–Trinajstić information content (AvgIpc) is 3.01. The predicted molar refractivity (Wildman–Crippen MR) is 56.6 cm³/mol. The number of carboxylic acids is 1. The van der Waals surface area contributed by atoms with Crippen LogP contribution in [0.4, 0.5) is 0 Å². The molecule has 2 rings (SSSR count). The van der Waals surface area contributed by atoms with Gasteiger partial charge in [-0.2, -0.15) is 0 Å². The van der Waals surface area contributed by atoms with Gasteiger partial charge in [-0.3, -0.25) is 9.78 Å². The third kappa shape index (κ3) is 3.05. The van der Waals surface area contributed by atoms with Crippen LogP contribution in [0, 0.1) is 5.92 Å². The summed E-state index contributed by atoms with van der Waals surface area (Å²) in [6.07, 6.45) is 7.24. The minimum atomic E-state index is -0.711. The van der Waals surface area contributed by atoms with Gasteiger partial charge in [-0.1, -0.05) is 12.8 Å². The van der Waals surface area contributed by atoms with Crippen molar-refractivity contribution in [3.8, 4) is 0 Å². The molecular weight excluding hydrogens is 190 g/mol. The molecule has 0 radical (unpaired) electrons. The highest BCUT2D eigenvalue weighted by atomic mass is 16.4. The quantitative estimate of drug-likeness (QED) is 0.803. The summed E-state index contributed by atoms with van der Waals surface area (Å²) in [7, 11) is 0. The number of hydrogen-bond donors (Lipinski definition) is 1. The van der Waals surface area contributed by atoms with E-state index in [0.29, 0.717) is 0 Å². The van der Waals surface area contributed by atoms with E-state index in [-0.39, 0.29) is 12.3 Å². The summed E-state index contributed by atoms with van der Waals surface area (Å²) in [6, 6.07) is 3.85. The molecule has 1 fully saturated rings. The van der Waals surface area contributed by atoms with Gasteiger partial charge in [0.2, 0.25) is 0 Å². The maximum atomic E-state index is 10.8. The third-order valence-corrected chi connectivity index (χ3v) is 2.91. The molecule has 0 unspecified atom stereocenters. The van der Waals surface area contributed by atoms with E-state index in [1.165, 1.54) is 12.8 Å². The van der Waals surface area contributed by atoms with Crippen molar-refractivity contribution in [2.45, 2.75) is 31.6 Å². The summed E-state index contributed by atoms with van der Waals surface area (Å²) in [4.78, 5) is 14.7. The Kier molecular flexibility index (Phi) is 2.99. The second-order valence-electron chi connectivity index (χ2n) is 4.25. The standard InChI is InChI=1S/C12H15NO2/c14-12(15)8-11(7-9-1-2-9)10-3-5-13-6-4-10/h3-6,9,11H,1-2,7-8H2,(H,14,15)/t11-/m0/s1. The van der Waals surface area contributed by atoms with Crippen molar-refractivity contribution in [3.05, 3.63) is 30.1 Å². The predicted octanol–water partition coefficient (Wildman–Crippen LogP) is 2.44. The number of aliphatic carboxylic acids is 1. The number of nitrogens with zero attached hydrogens (tertiary/aromatic N) is 1. The lowest BCUT2D eigenvalue weighted by atomic mass is 9.91. The summed E-state index contributed by atoms with van der Waals surface area (Å²) in [6.45, 7) is 0. The molecule has 80 valence electrons. The van der Waals surface area contributed by atoms with Crippen LogP contribution in [0.15, 0.2) is 24.5 Å². The third-order valence-electron chi connectivity index (χ3n) is 2.91. The highest BCUT2D eigenvalue weighted by Gasteiger charge is 2.27. The second-order valence-corrected chi connectivity index (χ2v) is 4.25. The Morgan fingerprint density at radius 2 is 2.13 bits per heavy atom. The van der Waals surface area contributed by atoms with Gasteiger partial charge in [-0.15, -0.1) is 0 Å². The molecule has 0 aliphatic heterocycles. The van der Waals surface area contributed by atoms with Crippen LogP contribution in [-0.2, 0) is 4.79 Å². The van der Waals surface area contributed by atoms with E-state index in [9.17, 15) is 4.79 Å². The second kappa shape index (κ2) is 4.43. The zero-order chi connectivity index (χ0) is 10.7. The number of aromatic nitrogens is 1. The minimum absolute atomic E-state index is 0.165. The SMILES string of the molecule is O=C(O)C[C@H](CC1CC1)c1ccncc1. The Hall–Kier alpha value is -1.38. The molecule has 1 saturated carbocycles. The Bertz CT molecular complexity index is 333. The van der Waals surface area contributed by atoms with E-state index < -0.39 is 5.97 Å².